The average molecular weight is 497 g/mol. The van der Waals surface area contributed by atoms with Gasteiger partial charge in [0.2, 0.25) is 0 Å². The van der Waals surface area contributed by atoms with Gasteiger partial charge >= 0.3 is 0 Å². The number of nitrogens with zero attached hydrogens (tertiary/aromatic N) is 3. The quantitative estimate of drug-likeness (QED) is 0.337. The second-order valence-electron chi connectivity index (χ2n) is 9.60. The van der Waals surface area contributed by atoms with Crippen molar-refractivity contribution in [3.05, 3.63) is 83.8 Å². The molecule has 0 aliphatic carbocycles. The molecule has 1 amide bonds. The molecule has 36 heavy (non-hydrogen) atoms. The molecule has 4 heterocycles. The van der Waals surface area contributed by atoms with Crippen LogP contribution in [0.1, 0.15) is 10.4 Å². The van der Waals surface area contributed by atoms with Crippen LogP contribution in [0, 0.1) is 11.2 Å². The number of thiazole rings is 1. The second-order valence-corrected chi connectivity index (χ2v) is 10.5. The highest BCUT2D eigenvalue weighted by atomic mass is 32.1. The van der Waals surface area contributed by atoms with E-state index in [9.17, 15) is 4.79 Å². The third-order valence-electron chi connectivity index (χ3n) is 7.04. The Labute approximate surface area is 210 Å². The van der Waals surface area contributed by atoms with Gasteiger partial charge in [0.15, 0.2) is 0 Å². The minimum Gasteiger partial charge on any atom is -0.380 e. The fourth-order valence-corrected chi connectivity index (χ4v) is 5.72. The van der Waals surface area contributed by atoms with E-state index in [1.54, 1.807) is 34.6 Å². The zero-order valence-corrected chi connectivity index (χ0v) is 20.0. The lowest BCUT2D eigenvalue weighted by Crippen LogP contribution is -2.67. The number of hydrogen-bond acceptors (Lipinski definition) is 6. The average Bonchev–Trinajstić information content (AvgIpc) is 3.30. The molecule has 2 aromatic heterocycles. The Hall–Kier alpha value is -3.88. The number of fused-ring (bicyclic) bond motifs is 2. The van der Waals surface area contributed by atoms with Crippen molar-refractivity contribution < 1.29 is 13.9 Å². The second kappa shape index (κ2) is 8.08. The van der Waals surface area contributed by atoms with E-state index in [0.717, 1.165) is 32.5 Å². The van der Waals surface area contributed by atoms with Gasteiger partial charge in [-0.25, -0.2) is 9.37 Å². The van der Waals surface area contributed by atoms with Crippen LogP contribution in [0.25, 0.3) is 32.2 Å². The predicted octanol–water partition coefficient (Wildman–Crippen LogP) is 5.87. The van der Waals surface area contributed by atoms with Crippen molar-refractivity contribution in [3.8, 4) is 11.1 Å². The van der Waals surface area contributed by atoms with Crippen molar-refractivity contribution in [2.24, 2.45) is 5.41 Å². The maximum atomic E-state index is 15.2. The van der Waals surface area contributed by atoms with E-state index in [2.05, 4.69) is 21.4 Å². The van der Waals surface area contributed by atoms with Crippen molar-refractivity contribution in [1.29, 1.82) is 0 Å². The molecule has 1 spiro atoms. The van der Waals surface area contributed by atoms with Gasteiger partial charge < -0.3 is 15.0 Å². The fourth-order valence-electron chi connectivity index (χ4n) is 5.06. The molecular formula is C28H21FN4O2S. The molecule has 2 saturated heterocycles. The maximum Gasteiger partial charge on any atom is 0.254 e. The highest BCUT2D eigenvalue weighted by Gasteiger charge is 2.50. The number of ether oxygens (including phenoxy) is 1. The van der Waals surface area contributed by atoms with Gasteiger partial charge in [0.1, 0.15) is 5.82 Å². The Bertz CT molecular complexity index is 1650. The highest BCUT2D eigenvalue weighted by Crippen LogP contribution is 2.38. The first kappa shape index (κ1) is 21.4. The Morgan fingerprint density at radius 3 is 2.69 bits per heavy atom. The molecule has 0 atom stereocenters. The van der Waals surface area contributed by atoms with Crippen LogP contribution in [0.2, 0.25) is 0 Å². The zero-order chi connectivity index (χ0) is 24.3. The number of rotatable bonds is 4. The number of carbonyl (C=O) groups excluding carboxylic acids is 1. The summed E-state index contributed by atoms with van der Waals surface area (Å²) in [7, 11) is 0. The Morgan fingerprint density at radius 2 is 1.89 bits per heavy atom. The van der Waals surface area contributed by atoms with Crippen LogP contribution in [0.3, 0.4) is 0 Å². The molecule has 5 aromatic rings. The van der Waals surface area contributed by atoms with Crippen LogP contribution < -0.4 is 5.32 Å². The van der Waals surface area contributed by atoms with E-state index < -0.39 is 5.82 Å². The minimum atomic E-state index is -0.423. The van der Waals surface area contributed by atoms with Gasteiger partial charge in [-0.3, -0.25) is 9.78 Å². The summed E-state index contributed by atoms with van der Waals surface area (Å²) < 4.78 is 21.6. The summed E-state index contributed by atoms with van der Waals surface area (Å²) >= 11 is 1.61. The molecule has 8 heteroatoms. The summed E-state index contributed by atoms with van der Waals surface area (Å²) in [5, 5.41) is 4.38. The maximum absolute atomic E-state index is 15.2. The minimum absolute atomic E-state index is 0.132. The van der Waals surface area contributed by atoms with Gasteiger partial charge in [-0.15, -0.1) is 11.3 Å². The smallest absolute Gasteiger partial charge is 0.254 e. The number of likely N-dealkylation sites (tertiary alicyclic amines) is 1. The van der Waals surface area contributed by atoms with E-state index in [1.165, 1.54) is 6.07 Å². The van der Waals surface area contributed by atoms with Crippen molar-refractivity contribution >= 4 is 49.7 Å². The largest absolute Gasteiger partial charge is 0.380 e. The lowest BCUT2D eigenvalue weighted by molar-refractivity contribution is -0.176. The first-order chi connectivity index (χ1) is 17.6. The molecule has 6 nitrogen and oxygen atoms in total. The van der Waals surface area contributed by atoms with E-state index in [4.69, 9.17) is 4.74 Å². The van der Waals surface area contributed by atoms with Gasteiger partial charge in [0, 0.05) is 47.2 Å². The molecule has 2 aliphatic heterocycles. The molecule has 0 radical (unpaired) electrons. The number of hydrogen-bond donors (Lipinski definition) is 1. The molecule has 3 aromatic carbocycles. The van der Waals surface area contributed by atoms with E-state index in [-0.39, 0.29) is 11.3 Å². The molecule has 178 valence electrons. The van der Waals surface area contributed by atoms with Crippen molar-refractivity contribution in [3.63, 3.8) is 0 Å². The first-order valence-electron chi connectivity index (χ1n) is 11.7. The van der Waals surface area contributed by atoms with Gasteiger partial charge in [-0.1, -0.05) is 18.2 Å². The summed E-state index contributed by atoms with van der Waals surface area (Å²) in [6.07, 6.45) is 1.74. The summed E-state index contributed by atoms with van der Waals surface area (Å²) in [5.41, 5.74) is 7.04. The fraction of sp³-hybridized carbons (Fsp3) is 0.179. The van der Waals surface area contributed by atoms with Gasteiger partial charge in [-0.05, 0) is 48.0 Å². The molecule has 0 saturated carbocycles. The molecule has 7 rings (SSSR count). The topological polar surface area (TPSA) is 67.4 Å². The molecule has 0 bridgehead atoms. The Balaban J connectivity index is 1.15. The summed E-state index contributed by atoms with van der Waals surface area (Å²) in [6, 6.07) is 18.4. The van der Waals surface area contributed by atoms with Gasteiger partial charge in [0.25, 0.3) is 5.91 Å². The normalized spacial score (nSPS) is 16.2. The van der Waals surface area contributed by atoms with Crippen LogP contribution >= 0.6 is 11.3 Å². The monoisotopic (exact) mass is 496 g/mol. The standard InChI is InChI=1S/C28H21FN4O2S/c29-22-9-18(27(34)33-12-28(13-33)14-35-15-28)2-4-20(22)17-1-5-21-23(7-8-30-24(21)10-17)32-19-3-6-26-25(11-19)31-16-36-26/h1-11,16H,12-15H2,(H,30,32). The van der Waals surface area contributed by atoms with E-state index in [0.29, 0.717) is 43.0 Å². The molecular weight excluding hydrogens is 475 g/mol. The third-order valence-corrected chi connectivity index (χ3v) is 7.85. The van der Waals surface area contributed by atoms with Crippen LogP contribution in [0.15, 0.2) is 72.4 Å². The number of carbonyl (C=O) groups is 1. The Kier molecular flexibility index (Phi) is 4.80. The zero-order valence-electron chi connectivity index (χ0n) is 19.2. The Morgan fingerprint density at radius 1 is 1.00 bits per heavy atom. The number of benzene rings is 3. The predicted molar refractivity (Wildman–Crippen MR) is 139 cm³/mol. The number of nitrogens with one attached hydrogen (secondary N) is 1. The lowest BCUT2D eigenvalue weighted by atomic mass is 9.78. The lowest BCUT2D eigenvalue weighted by Gasteiger charge is -2.54. The number of halogens is 1. The van der Waals surface area contributed by atoms with Crippen LogP contribution in [-0.4, -0.2) is 47.1 Å². The number of pyridine rings is 1. The van der Waals surface area contributed by atoms with E-state index in [1.807, 2.05) is 41.9 Å². The van der Waals surface area contributed by atoms with Crippen LogP contribution in [0.4, 0.5) is 15.8 Å². The van der Waals surface area contributed by atoms with Crippen molar-refractivity contribution in [2.75, 3.05) is 31.6 Å². The number of amides is 1. The third kappa shape index (κ3) is 3.53. The molecule has 2 aliphatic rings. The number of aromatic nitrogens is 2. The molecule has 2 fully saturated rings. The number of anilines is 2. The summed E-state index contributed by atoms with van der Waals surface area (Å²) in [5.74, 6) is -0.557. The van der Waals surface area contributed by atoms with Crippen LogP contribution in [0.5, 0.6) is 0 Å². The molecule has 0 unspecified atom stereocenters. The summed E-state index contributed by atoms with van der Waals surface area (Å²) in [4.78, 5) is 23.4. The van der Waals surface area contributed by atoms with Crippen LogP contribution in [-0.2, 0) is 4.74 Å². The van der Waals surface area contributed by atoms with Crippen molar-refractivity contribution in [1.82, 2.24) is 14.9 Å². The highest BCUT2D eigenvalue weighted by molar-refractivity contribution is 7.16. The van der Waals surface area contributed by atoms with Crippen molar-refractivity contribution in [2.45, 2.75) is 0 Å². The van der Waals surface area contributed by atoms with Gasteiger partial charge in [-0.2, -0.15) is 0 Å². The summed E-state index contributed by atoms with van der Waals surface area (Å²) in [6.45, 7) is 2.77. The first-order valence-corrected chi connectivity index (χ1v) is 12.6. The van der Waals surface area contributed by atoms with Gasteiger partial charge in [0.05, 0.1) is 39.9 Å². The van der Waals surface area contributed by atoms with E-state index >= 15 is 4.39 Å². The molecule has 1 N–H and O–H groups in total. The SMILES string of the molecule is O=C(c1ccc(-c2ccc3c(Nc4ccc5scnc5c4)ccnc3c2)c(F)c1)N1CC2(COC2)C1.